The Morgan fingerprint density at radius 3 is 2.10 bits per heavy atom. The number of amides is 2. The molecule has 0 aliphatic carbocycles. The van der Waals surface area contributed by atoms with Gasteiger partial charge < -0.3 is 15.7 Å². The molecule has 21 heavy (non-hydrogen) atoms. The van der Waals surface area contributed by atoms with Crippen molar-refractivity contribution < 1.29 is 14.7 Å². The minimum Gasteiger partial charge on any atom is -0.481 e. The quantitative estimate of drug-likeness (QED) is 0.579. The molecular weight excluding hydrogens is 268 g/mol. The maximum atomic E-state index is 11.8. The van der Waals surface area contributed by atoms with Gasteiger partial charge in [-0.15, -0.1) is 0 Å². The summed E-state index contributed by atoms with van der Waals surface area (Å²) in [6.07, 6.45) is 2.93. The molecular formula is C16H32N2O3. The summed E-state index contributed by atoms with van der Waals surface area (Å²) in [4.78, 5) is 22.6. The minimum absolute atomic E-state index is 0.0146. The normalized spacial score (nSPS) is 14.0. The van der Waals surface area contributed by atoms with E-state index in [9.17, 15) is 9.59 Å². The van der Waals surface area contributed by atoms with E-state index in [2.05, 4.69) is 38.3 Å². The van der Waals surface area contributed by atoms with Gasteiger partial charge in [0.15, 0.2) is 0 Å². The maximum Gasteiger partial charge on any atom is 0.315 e. The van der Waals surface area contributed by atoms with Crippen LogP contribution in [0.25, 0.3) is 0 Å². The second kappa shape index (κ2) is 10.5. The highest BCUT2D eigenvalue weighted by molar-refractivity contribution is 5.74. The van der Waals surface area contributed by atoms with Crippen molar-refractivity contribution in [2.24, 2.45) is 17.8 Å². The molecule has 0 fully saturated rings. The molecule has 0 saturated carbocycles. The lowest BCUT2D eigenvalue weighted by atomic mass is 9.94. The number of carboxylic acid groups (broad SMARTS) is 1. The number of aliphatic carboxylic acids is 1. The van der Waals surface area contributed by atoms with Crippen molar-refractivity contribution in [3.8, 4) is 0 Å². The zero-order chi connectivity index (χ0) is 16.4. The summed E-state index contributed by atoms with van der Waals surface area (Å²) >= 11 is 0. The molecule has 3 N–H and O–H groups in total. The van der Waals surface area contributed by atoms with Crippen LogP contribution in [0.15, 0.2) is 0 Å². The third-order valence-corrected chi connectivity index (χ3v) is 3.37. The summed E-state index contributed by atoms with van der Waals surface area (Å²) in [5.41, 5.74) is 0. The van der Waals surface area contributed by atoms with Crippen LogP contribution in [0.3, 0.4) is 0 Å². The average Bonchev–Trinajstić information content (AvgIpc) is 2.32. The van der Waals surface area contributed by atoms with Gasteiger partial charge in [0.05, 0.1) is 0 Å². The Hall–Kier alpha value is -1.26. The van der Waals surface area contributed by atoms with E-state index in [1.807, 2.05) is 6.92 Å². The van der Waals surface area contributed by atoms with Crippen molar-refractivity contribution in [3.05, 3.63) is 0 Å². The molecule has 5 heteroatoms. The fourth-order valence-electron chi connectivity index (χ4n) is 2.32. The van der Waals surface area contributed by atoms with Crippen molar-refractivity contribution in [1.29, 1.82) is 0 Å². The predicted molar refractivity (Wildman–Crippen MR) is 85.3 cm³/mol. The molecule has 0 aromatic carbocycles. The average molecular weight is 300 g/mol. The smallest absolute Gasteiger partial charge is 0.315 e. The topological polar surface area (TPSA) is 78.4 Å². The number of rotatable bonds is 10. The lowest BCUT2D eigenvalue weighted by molar-refractivity contribution is -0.138. The molecule has 0 bridgehead atoms. The third-order valence-electron chi connectivity index (χ3n) is 3.37. The van der Waals surface area contributed by atoms with Crippen LogP contribution in [0.4, 0.5) is 4.79 Å². The van der Waals surface area contributed by atoms with Gasteiger partial charge in [0, 0.05) is 19.0 Å². The highest BCUT2D eigenvalue weighted by Crippen LogP contribution is 2.14. The van der Waals surface area contributed by atoms with E-state index < -0.39 is 5.97 Å². The van der Waals surface area contributed by atoms with E-state index in [0.29, 0.717) is 18.4 Å². The van der Waals surface area contributed by atoms with Crippen LogP contribution in [0.5, 0.6) is 0 Å². The zero-order valence-electron chi connectivity index (χ0n) is 14.1. The van der Waals surface area contributed by atoms with E-state index in [0.717, 1.165) is 19.3 Å². The standard InChI is InChI=1S/C16H32N2O3/c1-11(2)6-7-13(5)18-16(21)17-10-14(8-12(3)4)9-15(19)20/h11-14H,6-10H2,1-5H3,(H,19,20)(H2,17,18,21). The minimum atomic E-state index is -0.812. The Morgan fingerprint density at radius 1 is 1.00 bits per heavy atom. The first kappa shape index (κ1) is 19.7. The molecule has 0 aromatic heterocycles. The Bertz CT molecular complexity index is 317. The monoisotopic (exact) mass is 300 g/mol. The first-order valence-corrected chi connectivity index (χ1v) is 7.96. The van der Waals surface area contributed by atoms with Gasteiger partial charge in [-0.05, 0) is 43.9 Å². The van der Waals surface area contributed by atoms with Crippen molar-refractivity contribution >= 4 is 12.0 Å². The number of carbonyl (C=O) groups excluding carboxylic acids is 1. The Labute approximate surface area is 128 Å². The fourth-order valence-corrected chi connectivity index (χ4v) is 2.32. The summed E-state index contributed by atoms with van der Waals surface area (Å²) in [7, 11) is 0. The molecule has 0 aliphatic heterocycles. The zero-order valence-corrected chi connectivity index (χ0v) is 14.1. The summed E-state index contributed by atoms with van der Waals surface area (Å²) in [6, 6.07) is -0.0687. The molecule has 0 saturated heterocycles. The van der Waals surface area contributed by atoms with E-state index in [1.165, 1.54) is 0 Å². The second-order valence-electron chi connectivity index (χ2n) is 6.82. The Kier molecular flexibility index (Phi) is 9.84. The SMILES string of the molecule is CC(C)CCC(C)NC(=O)NCC(CC(=O)O)CC(C)C. The summed E-state index contributed by atoms with van der Waals surface area (Å²) in [6.45, 7) is 10.8. The van der Waals surface area contributed by atoms with Gasteiger partial charge in [0.2, 0.25) is 0 Å². The molecule has 2 atom stereocenters. The van der Waals surface area contributed by atoms with Crippen LogP contribution in [-0.4, -0.2) is 29.7 Å². The largest absolute Gasteiger partial charge is 0.481 e. The van der Waals surface area contributed by atoms with Gasteiger partial charge in [-0.25, -0.2) is 4.79 Å². The Balaban J connectivity index is 4.08. The van der Waals surface area contributed by atoms with Crippen molar-refractivity contribution in [2.75, 3.05) is 6.54 Å². The van der Waals surface area contributed by atoms with E-state index in [-0.39, 0.29) is 24.4 Å². The second-order valence-corrected chi connectivity index (χ2v) is 6.82. The molecule has 2 unspecified atom stereocenters. The van der Waals surface area contributed by atoms with Crippen LogP contribution in [-0.2, 0) is 4.79 Å². The predicted octanol–water partition coefficient (Wildman–Crippen LogP) is 3.25. The number of urea groups is 1. The maximum absolute atomic E-state index is 11.8. The summed E-state index contributed by atoms with van der Waals surface area (Å²) in [5, 5.41) is 14.6. The summed E-state index contributed by atoms with van der Waals surface area (Å²) in [5.74, 6) is 0.222. The van der Waals surface area contributed by atoms with Gasteiger partial charge in [0.25, 0.3) is 0 Å². The van der Waals surface area contributed by atoms with Crippen LogP contribution < -0.4 is 10.6 Å². The molecule has 124 valence electrons. The molecule has 0 rings (SSSR count). The molecule has 0 heterocycles. The van der Waals surface area contributed by atoms with Crippen LogP contribution >= 0.6 is 0 Å². The number of hydrogen-bond acceptors (Lipinski definition) is 2. The molecule has 0 spiro atoms. The van der Waals surface area contributed by atoms with E-state index >= 15 is 0 Å². The van der Waals surface area contributed by atoms with E-state index in [1.54, 1.807) is 0 Å². The third kappa shape index (κ3) is 12.2. The summed E-state index contributed by atoms with van der Waals surface area (Å²) < 4.78 is 0. The molecule has 0 aliphatic rings. The van der Waals surface area contributed by atoms with Crippen molar-refractivity contribution in [1.82, 2.24) is 10.6 Å². The van der Waals surface area contributed by atoms with Crippen LogP contribution in [0, 0.1) is 17.8 Å². The Morgan fingerprint density at radius 2 is 1.62 bits per heavy atom. The van der Waals surface area contributed by atoms with E-state index in [4.69, 9.17) is 5.11 Å². The van der Waals surface area contributed by atoms with Gasteiger partial charge in [-0.2, -0.15) is 0 Å². The van der Waals surface area contributed by atoms with Gasteiger partial charge in [-0.1, -0.05) is 27.7 Å². The fraction of sp³-hybridized carbons (Fsp3) is 0.875. The van der Waals surface area contributed by atoms with Crippen LogP contribution in [0.2, 0.25) is 0 Å². The first-order chi connectivity index (χ1) is 9.70. The number of hydrogen-bond donors (Lipinski definition) is 3. The number of nitrogens with one attached hydrogen (secondary N) is 2. The molecule has 0 radical (unpaired) electrons. The molecule has 2 amide bonds. The van der Waals surface area contributed by atoms with Crippen LogP contribution in [0.1, 0.15) is 60.3 Å². The molecule has 5 nitrogen and oxygen atoms in total. The highest BCUT2D eigenvalue weighted by atomic mass is 16.4. The first-order valence-electron chi connectivity index (χ1n) is 7.96. The lowest BCUT2D eigenvalue weighted by Gasteiger charge is -2.20. The number of carboxylic acids is 1. The van der Waals surface area contributed by atoms with Gasteiger partial charge in [-0.3, -0.25) is 4.79 Å². The lowest BCUT2D eigenvalue weighted by Crippen LogP contribution is -2.43. The van der Waals surface area contributed by atoms with Crippen molar-refractivity contribution in [2.45, 2.75) is 66.3 Å². The van der Waals surface area contributed by atoms with Gasteiger partial charge >= 0.3 is 12.0 Å². The van der Waals surface area contributed by atoms with Crippen molar-refractivity contribution in [3.63, 3.8) is 0 Å². The highest BCUT2D eigenvalue weighted by Gasteiger charge is 2.16. The number of carbonyl (C=O) groups is 2. The molecule has 0 aromatic rings. The van der Waals surface area contributed by atoms with Gasteiger partial charge in [0.1, 0.15) is 0 Å².